The molecule has 0 aromatic rings. The lowest BCUT2D eigenvalue weighted by Crippen LogP contribution is -2.30. The fourth-order valence-corrected chi connectivity index (χ4v) is 6.78. The zero-order chi connectivity index (χ0) is 52.2. The van der Waals surface area contributed by atoms with E-state index in [1.807, 2.05) is 12.2 Å². The molecule has 0 heterocycles. The molecule has 1 unspecified atom stereocenters. The average molecular weight is 990 g/mol. The van der Waals surface area contributed by atoms with Gasteiger partial charge in [-0.05, 0) is 135 Å². The Labute approximate surface area is 441 Å². The number of rotatable bonds is 48. The van der Waals surface area contributed by atoms with E-state index >= 15 is 0 Å². The number of hydrogen-bond acceptors (Lipinski definition) is 6. The van der Waals surface area contributed by atoms with E-state index in [9.17, 15) is 14.4 Å². The Morgan fingerprint density at radius 1 is 0.292 bits per heavy atom. The SMILES string of the molecule is CC/C=C\C/C=C\C/C=C\C/C=C\C/C=C\C/C=C\CCCCC(=O)OCC(COC(=O)CCCCCCC/C=C\C/C=C\CCCC)OC(=O)CC/C=C\C/C=C\C/C=C\C/C=C\C/C=C\C/C=C\CC. The molecule has 0 radical (unpaired) electrons. The van der Waals surface area contributed by atoms with Crippen molar-refractivity contribution in [2.75, 3.05) is 13.2 Å². The first-order valence-electron chi connectivity index (χ1n) is 28.1. The van der Waals surface area contributed by atoms with Crippen molar-refractivity contribution in [1.82, 2.24) is 0 Å². The molecular weight excluding hydrogens is 889 g/mol. The zero-order valence-corrected chi connectivity index (χ0v) is 45.6. The van der Waals surface area contributed by atoms with Crippen LogP contribution in [-0.4, -0.2) is 37.2 Å². The summed E-state index contributed by atoms with van der Waals surface area (Å²) in [5, 5.41) is 0. The number of carbonyl (C=O) groups is 3. The maximum Gasteiger partial charge on any atom is 0.306 e. The third-order valence-electron chi connectivity index (χ3n) is 10.9. The van der Waals surface area contributed by atoms with Gasteiger partial charge >= 0.3 is 17.9 Å². The summed E-state index contributed by atoms with van der Waals surface area (Å²) in [5.74, 6) is -1.09. The molecule has 0 aromatic heterocycles. The van der Waals surface area contributed by atoms with E-state index in [-0.39, 0.29) is 38.0 Å². The Hall–Kier alpha value is -5.23. The highest BCUT2D eigenvalue weighted by Gasteiger charge is 2.19. The second kappa shape index (κ2) is 58.3. The van der Waals surface area contributed by atoms with Gasteiger partial charge in [-0.15, -0.1) is 0 Å². The number of hydrogen-bond donors (Lipinski definition) is 0. The van der Waals surface area contributed by atoms with Crippen LogP contribution in [0, 0.1) is 0 Å². The van der Waals surface area contributed by atoms with E-state index in [0.29, 0.717) is 19.3 Å². The predicted octanol–water partition coefficient (Wildman–Crippen LogP) is 19.1. The van der Waals surface area contributed by atoms with E-state index < -0.39 is 12.1 Å². The lowest BCUT2D eigenvalue weighted by Gasteiger charge is -2.18. The number of esters is 3. The maximum atomic E-state index is 12.8. The average Bonchev–Trinajstić information content (AvgIpc) is 3.38. The van der Waals surface area contributed by atoms with Crippen LogP contribution in [0.4, 0.5) is 0 Å². The highest BCUT2D eigenvalue weighted by molar-refractivity contribution is 5.71. The minimum atomic E-state index is -0.852. The minimum Gasteiger partial charge on any atom is -0.462 e. The Bertz CT molecular complexity index is 1700. The Morgan fingerprint density at radius 2 is 0.569 bits per heavy atom. The maximum absolute atomic E-state index is 12.8. The summed E-state index contributed by atoms with van der Waals surface area (Å²) in [7, 11) is 0. The summed E-state index contributed by atoms with van der Waals surface area (Å²) in [4.78, 5) is 38.1. The van der Waals surface area contributed by atoms with E-state index in [1.165, 1.54) is 19.3 Å². The second-order valence-corrected chi connectivity index (χ2v) is 17.7. The monoisotopic (exact) mass is 989 g/mol. The van der Waals surface area contributed by atoms with Gasteiger partial charge in [-0.3, -0.25) is 14.4 Å². The van der Waals surface area contributed by atoms with Crippen LogP contribution in [0.1, 0.15) is 207 Å². The lowest BCUT2D eigenvalue weighted by molar-refractivity contribution is -0.166. The molecule has 0 spiro atoms. The summed E-state index contributed by atoms with van der Waals surface area (Å²) < 4.78 is 16.7. The van der Waals surface area contributed by atoms with Crippen LogP contribution in [0.2, 0.25) is 0 Å². The predicted molar refractivity (Wildman–Crippen MR) is 311 cm³/mol. The molecule has 400 valence electrons. The fraction of sp³-hybridized carbons (Fsp3) is 0.530. The molecule has 1 atom stereocenters. The van der Waals surface area contributed by atoms with E-state index in [0.717, 1.165) is 135 Å². The van der Waals surface area contributed by atoms with Crippen LogP contribution in [0.5, 0.6) is 0 Å². The minimum absolute atomic E-state index is 0.138. The van der Waals surface area contributed by atoms with Gasteiger partial charge < -0.3 is 14.2 Å². The molecule has 6 nitrogen and oxygen atoms in total. The summed E-state index contributed by atoms with van der Waals surface area (Å²) in [6.07, 6.45) is 86.4. The van der Waals surface area contributed by atoms with Crippen molar-refractivity contribution < 1.29 is 28.6 Å². The van der Waals surface area contributed by atoms with Gasteiger partial charge in [0.1, 0.15) is 13.2 Å². The van der Waals surface area contributed by atoms with Gasteiger partial charge in [-0.2, -0.15) is 0 Å². The zero-order valence-electron chi connectivity index (χ0n) is 45.6. The molecule has 0 N–H and O–H groups in total. The standard InChI is InChI=1S/C66H100O6/c1-4-7-10-13-16-19-22-25-28-30-32-33-35-36-38-41-44-47-50-53-56-59-65(68)71-62-63(61-70-64(67)58-55-52-49-46-43-40-27-24-21-18-15-12-9-6-3)72-66(69)60-57-54-51-48-45-42-39-37-34-31-29-26-23-20-17-14-11-8-5-2/h7-8,10-11,15-20,24-29,32-34,36-38,42,44-45,47,51,54,63H,4-6,9,12-14,21-23,30-31,35,39-41,43,46,48-50,52-53,55-62H2,1-3H3/b10-7-,11-8-,18-15-,19-16-,20-17-,27-24-,28-25-,29-26-,33-32-,37-34-,38-36-,45-42-,47-44-,54-51-. The molecule has 0 rings (SSSR count). The third-order valence-corrected chi connectivity index (χ3v) is 10.9. The van der Waals surface area contributed by atoms with E-state index in [4.69, 9.17) is 14.2 Å². The molecule has 0 aliphatic rings. The van der Waals surface area contributed by atoms with Crippen LogP contribution in [0.3, 0.4) is 0 Å². The van der Waals surface area contributed by atoms with E-state index in [1.54, 1.807) is 0 Å². The molecule has 0 amide bonds. The molecule has 72 heavy (non-hydrogen) atoms. The molecule has 0 fully saturated rings. The first kappa shape index (κ1) is 66.8. The van der Waals surface area contributed by atoms with Crippen molar-refractivity contribution in [3.63, 3.8) is 0 Å². The van der Waals surface area contributed by atoms with Crippen LogP contribution in [0.25, 0.3) is 0 Å². The van der Waals surface area contributed by atoms with Gasteiger partial charge in [-0.25, -0.2) is 0 Å². The molecule has 0 aliphatic carbocycles. The van der Waals surface area contributed by atoms with Crippen molar-refractivity contribution in [2.24, 2.45) is 0 Å². The number of allylic oxidation sites excluding steroid dienone is 28. The Kier molecular flexibility index (Phi) is 54.1. The fourth-order valence-electron chi connectivity index (χ4n) is 6.78. The van der Waals surface area contributed by atoms with Crippen molar-refractivity contribution in [3.8, 4) is 0 Å². The van der Waals surface area contributed by atoms with Crippen LogP contribution in [0.15, 0.2) is 170 Å². The quantitative estimate of drug-likeness (QED) is 0.0262. The molecule has 0 aromatic carbocycles. The molecule has 0 bridgehead atoms. The van der Waals surface area contributed by atoms with Gasteiger partial charge in [0.2, 0.25) is 0 Å². The highest BCUT2D eigenvalue weighted by atomic mass is 16.6. The summed E-state index contributed by atoms with van der Waals surface area (Å²) >= 11 is 0. The van der Waals surface area contributed by atoms with Crippen LogP contribution >= 0.6 is 0 Å². The van der Waals surface area contributed by atoms with Crippen molar-refractivity contribution >= 4 is 17.9 Å². The smallest absolute Gasteiger partial charge is 0.306 e. The number of unbranched alkanes of at least 4 members (excludes halogenated alkanes) is 9. The van der Waals surface area contributed by atoms with Gasteiger partial charge in [-0.1, -0.05) is 223 Å². The first-order valence-corrected chi connectivity index (χ1v) is 28.1. The molecule has 0 aliphatic heterocycles. The van der Waals surface area contributed by atoms with Crippen molar-refractivity contribution in [2.45, 2.75) is 213 Å². The van der Waals surface area contributed by atoms with Gasteiger partial charge in [0.15, 0.2) is 6.10 Å². The first-order chi connectivity index (χ1) is 35.5. The molecular formula is C66H100O6. The highest BCUT2D eigenvalue weighted by Crippen LogP contribution is 2.11. The summed E-state index contributed by atoms with van der Waals surface area (Å²) in [6.45, 7) is 6.23. The Morgan fingerprint density at radius 3 is 0.931 bits per heavy atom. The lowest BCUT2D eigenvalue weighted by atomic mass is 10.1. The summed E-state index contributed by atoms with van der Waals surface area (Å²) in [6, 6.07) is 0. The second-order valence-electron chi connectivity index (χ2n) is 17.7. The van der Waals surface area contributed by atoms with Crippen LogP contribution < -0.4 is 0 Å². The number of carbonyl (C=O) groups excluding carboxylic acids is 3. The molecule has 0 saturated heterocycles. The van der Waals surface area contributed by atoms with Crippen molar-refractivity contribution in [3.05, 3.63) is 170 Å². The van der Waals surface area contributed by atoms with Gasteiger partial charge in [0.05, 0.1) is 0 Å². The topological polar surface area (TPSA) is 78.9 Å². The van der Waals surface area contributed by atoms with E-state index in [2.05, 4.69) is 179 Å². The van der Waals surface area contributed by atoms with Crippen molar-refractivity contribution in [1.29, 1.82) is 0 Å². The number of ether oxygens (including phenoxy) is 3. The largest absolute Gasteiger partial charge is 0.462 e. The molecule has 0 saturated carbocycles. The van der Waals surface area contributed by atoms with Crippen LogP contribution in [-0.2, 0) is 28.6 Å². The Balaban J connectivity index is 4.64. The molecule has 6 heteroatoms. The third kappa shape index (κ3) is 55.7. The summed E-state index contributed by atoms with van der Waals surface area (Å²) in [5.41, 5.74) is 0. The van der Waals surface area contributed by atoms with Gasteiger partial charge in [0.25, 0.3) is 0 Å². The van der Waals surface area contributed by atoms with Gasteiger partial charge in [0, 0.05) is 19.3 Å². The normalized spacial score (nSPS) is 13.4.